The fourth-order valence-electron chi connectivity index (χ4n) is 1.18. The molecule has 0 bridgehead atoms. The van der Waals surface area contributed by atoms with Crippen LogP contribution in [0.15, 0.2) is 18.2 Å². The predicted molar refractivity (Wildman–Crippen MR) is 79.2 cm³/mol. The zero-order chi connectivity index (χ0) is 17.1. The summed E-state index contributed by atoms with van der Waals surface area (Å²) in [5.41, 5.74) is -0.739. The van der Waals surface area contributed by atoms with Crippen molar-refractivity contribution in [2.75, 3.05) is 0 Å². The maximum Gasteiger partial charge on any atom is 0.514 e. The fourth-order valence-corrected chi connectivity index (χ4v) is 1.77. The highest BCUT2D eigenvalue weighted by Crippen LogP contribution is 2.30. The molecule has 1 N–H and O–H groups in total. The first-order valence-corrected chi connectivity index (χ1v) is 6.99. The quantitative estimate of drug-likeness (QED) is 0.446. The van der Waals surface area contributed by atoms with Gasteiger partial charge < -0.3 is 19.3 Å². The summed E-state index contributed by atoms with van der Waals surface area (Å²) < 4.78 is 40.0. The van der Waals surface area contributed by atoms with E-state index in [9.17, 15) is 18.4 Å². The molecule has 0 fully saturated rings. The Morgan fingerprint density at radius 2 is 1.82 bits per heavy atom. The Bertz CT molecular complexity index is 582. The lowest BCUT2D eigenvalue weighted by Crippen LogP contribution is -2.35. The summed E-state index contributed by atoms with van der Waals surface area (Å²) in [6, 6.07) is 3.48. The molecule has 0 saturated carbocycles. The monoisotopic (exact) mass is 430 g/mol. The lowest BCUT2D eigenvalue weighted by Gasteiger charge is -2.19. The number of aliphatic carboxylic acids is 1. The van der Waals surface area contributed by atoms with Crippen LogP contribution in [0, 0.1) is 3.57 Å². The number of carbonyl (C=O) groups is 2. The van der Waals surface area contributed by atoms with Gasteiger partial charge in [-0.05, 0) is 61.6 Å². The molecule has 1 aromatic carbocycles. The molecule has 0 heterocycles. The highest BCUT2D eigenvalue weighted by Gasteiger charge is 2.42. The molecule has 0 aliphatic heterocycles. The van der Waals surface area contributed by atoms with E-state index in [-0.39, 0.29) is 15.1 Å². The van der Waals surface area contributed by atoms with Crippen LogP contribution in [-0.4, -0.2) is 28.9 Å². The van der Waals surface area contributed by atoms with Crippen molar-refractivity contribution in [3.05, 3.63) is 21.8 Å². The maximum absolute atomic E-state index is 13.0. The van der Waals surface area contributed by atoms with Crippen molar-refractivity contribution in [1.82, 2.24) is 0 Å². The van der Waals surface area contributed by atoms with Crippen LogP contribution in [0.2, 0.25) is 0 Å². The number of carbonyl (C=O) groups excluding carboxylic acids is 1. The third-order valence-corrected chi connectivity index (χ3v) is 2.82. The normalized spacial score (nSPS) is 11.7. The zero-order valence-corrected chi connectivity index (χ0v) is 14.0. The summed E-state index contributed by atoms with van der Waals surface area (Å²) in [6.45, 7) is 4.97. The summed E-state index contributed by atoms with van der Waals surface area (Å²) in [7, 11) is 0. The molecule has 22 heavy (non-hydrogen) atoms. The number of hydrogen-bond acceptors (Lipinski definition) is 5. The SMILES string of the molecule is CC(C)(C)OC(=O)Oc1ccc(OC(F)(F)C(=O)O)c(I)c1. The topological polar surface area (TPSA) is 82.1 Å². The smallest absolute Gasteiger partial charge is 0.474 e. The summed E-state index contributed by atoms with van der Waals surface area (Å²) >= 11 is 1.64. The minimum absolute atomic E-state index is 0.0460. The number of ether oxygens (including phenoxy) is 3. The lowest BCUT2D eigenvalue weighted by atomic mass is 10.2. The number of rotatable bonds is 4. The molecule has 0 radical (unpaired) electrons. The maximum atomic E-state index is 13.0. The van der Waals surface area contributed by atoms with Gasteiger partial charge in [0.1, 0.15) is 17.1 Å². The molecule has 0 aromatic heterocycles. The van der Waals surface area contributed by atoms with Gasteiger partial charge in [-0.3, -0.25) is 0 Å². The number of hydrogen-bond donors (Lipinski definition) is 1. The summed E-state index contributed by atoms with van der Waals surface area (Å²) in [5, 5.41) is 8.31. The lowest BCUT2D eigenvalue weighted by molar-refractivity contribution is -0.211. The second-order valence-corrected chi connectivity index (χ2v) is 6.24. The first-order valence-electron chi connectivity index (χ1n) is 5.91. The Morgan fingerprint density at radius 1 is 1.23 bits per heavy atom. The minimum atomic E-state index is -4.35. The molecule has 0 unspecified atom stereocenters. The van der Waals surface area contributed by atoms with Crippen molar-refractivity contribution in [1.29, 1.82) is 0 Å². The van der Waals surface area contributed by atoms with Crippen molar-refractivity contribution in [2.45, 2.75) is 32.5 Å². The van der Waals surface area contributed by atoms with E-state index in [1.807, 2.05) is 0 Å². The molecule has 0 saturated heterocycles. The molecule has 0 spiro atoms. The van der Waals surface area contributed by atoms with Crippen molar-refractivity contribution in [3.63, 3.8) is 0 Å². The van der Waals surface area contributed by atoms with Crippen LogP contribution in [0.25, 0.3) is 0 Å². The van der Waals surface area contributed by atoms with Crippen LogP contribution < -0.4 is 9.47 Å². The van der Waals surface area contributed by atoms with Gasteiger partial charge in [0.05, 0.1) is 3.57 Å². The Kier molecular flexibility index (Phi) is 5.54. The Labute approximate surface area is 138 Å². The van der Waals surface area contributed by atoms with E-state index in [1.165, 1.54) is 12.1 Å². The predicted octanol–water partition coefficient (Wildman–Crippen LogP) is 3.66. The molecule has 0 amide bonds. The second kappa shape index (κ2) is 6.63. The van der Waals surface area contributed by atoms with Crippen LogP contribution in [0.4, 0.5) is 13.6 Å². The molecule has 9 heteroatoms. The van der Waals surface area contributed by atoms with E-state index in [4.69, 9.17) is 14.6 Å². The van der Waals surface area contributed by atoms with Gasteiger partial charge in [0.25, 0.3) is 0 Å². The Morgan fingerprint density at radius 3 is 2.27 bits per heavy atom. The van der Waals surface area contributed by atoms with Gasteiger partial charge in [-0.25, -0.2) is 9.59 Å². The third kappa shape index (κ3) is 5.62. The van der Waals surface area contributed by atoms with Crippen LogP contribution in [0.1, 0.15) is 20.8 Å². The van der Waals surface area contributed by atoms with Crippen molar-refractivity contribution < 1.29 is 37.7 Å². The van der Waals surface area contributed by atoms with E-state index in [0.29, 0.717) is 0 Å². The highest BCUT2D eigenvalue weighted by atomic mass is 127. The van der Waals surface area contributed by atoms with Crippen molar-refractivity contribution >= 4 is 34.7 Å². The van der Waals surface area contributed by atoms with E-state index in [2.05, 4.69) is 4.74 Å². The number of alkyl halides is 2. The largest absolute Gasteiger partial charge is 0.514 e. The molecule has 0 atom stereocenters. The van der Waals surface area contributed by atoms with Gasteiger partial charge in [0, 0.05) is 0 Å². The minimum Gasteiger partial charge on any atom is -0.474 e. The number of benzene rings is 1. The number of carboxylic acids is 1. The van der Waals surface area contributed by atoms with Crippen LogP contribution in [0.5, 0.6) is 11.5 Å². The summed E-state index contributed by atoms with van der Waals surface area (Å²) in [4.78, 5) is 21.8. The Balaban J connectivity index is 2.82. The zero-order valence-electron chi connectivity index (χ0n) is 11.9. The first kappa shape index (κ1) is 18.4. The standard InChI is InChI=1S/C13H13F2IO6/c1-12(2,3)22-11(19)20-7-4-5-9(8(16)6-7)21-13(14,15)10(17)18/h4-6H,1-3H3,(H,17,18). The number of carboxylic acid groups (broad SMARTS) is 1. The first-order chi connectivity index (χ1) is 9.90. The van der Waals surface area contributed by atoms with Gasteiger partial charge in [-0.2, -0.15) is 8.78 Å². The van der Waals surface area contributed by atoms with Gasteiger partial charge in [-0.1, -0.05) is 0 Å². The molecular formula is C13H13F2IO6. The van der Waals surface area contributed by atoms with Crippen molar-refractivity contribution in [3.8, 4) is 11.5 Å². The van der Waals surface area contributed by atoms with E-state index in [1.54, 1.807) is 43.4 Å². The third-order valence-electron chi connectivity index (χ3n) is 1.98. The van der Waals surface area contributed by atoms with Gasteiger partial charge >= 0.3 is 18.2 Å². The van der Waals surface area contributed by atoms with E-state index < -0.39 is 23.8 Å². The van der Waals surface area contributed by atoms with Gasteiger partial charge in [0.2, 0.25) is 0 Å². The van der Waals surface area contributed by atoms with E-state index >= 15 is 0 Å². The average molecular weight is 430 g/mol. The van der Waals surface area contributed by atoms with E-state index in [0.717, 1.165) is 6.07 Å². The molecule has 122 valence electrons. The summed E-state index contributed by atoms with van der Waals surface area (Å²) in [6.07, 6.45) is -5.30. The van der Waals surface area contributed by atoms with Crippen molar-refractivity contribution in [2.24, 2.45) is 0 Å². The fraction of sp³-hybridized carbons (Fsp3) is 0.385. The summed E-state index contributed by atoms with van der Waals surface area (Å²) in [5.74, 6) is -2.72. The number of halogens is 3. The molecule has 0 aliphatic rings. The molecule has 0 aliphatic carbocycles. The Hall–Kier alpha value is -1.65. The van der Waals surface area contributed by atoms with Crippen LogP contribution in [0.3, 0.4) is 0 Å². The second-order valence-electron chi connectivity index (χ2n) is 5.08. The van der Waals surface area contributed by atoms with Gasteiger partial charge in [-0.15, -0.1) is 0 Å². The van der Waals surface area contributed by atoms with Crippen LogP contribution >= 0.6 is 22.6 Å². The average Bonchev–Trinajstić information content (AvgIpc) is 2.29. The highest BCUT2D eigenvalue weighted by molar-refractivity contribution is 14.1. The molecule has 6 nitrogen and oxygen atoms in total. The van der Waals surface area contributed by atoms with Crippen LogP contribution in [-0.2, 0) is 9.53 Å². The van der Waals surface area contributed by atoms with Gasteiger partial charge in [0.15, 0.2) is 0 Å². The molecular weight excluding hydrogens is 417 g/mol. The molecule has 1 aromatic rings. The molecule has 1 rings (SSSR count).